The van der Waals surface area contributed by atoms with Gasteiger partial charge in [0.2, 0.25) is 5.91 Å². The number of quaternary nitrogens is 1. The fourth-order valence-corrected chi connectivity index (χ4v) is 8.39. The van der Waals surface area contributed by atoms with Crippen molar-refractivity contribution in [2.45, 2.75) is 225 Å². The predicted octanol–water partition coefficient (Wildman–Crippen LogP) is 18.5. The quantitative estimate of drug-likeness (QED) is 0.0243. The van der Waals surface area contributed by atoms with Crippen LogP contribution in [0.2, 0.25) is 0 Å². The molecule has 0 aliphatic rings. The smallest absolute Gasteiger partial charge is 0.387 e. The summed E-state index contributed by atoms with van der Waals surface area (Å²) in [5, 5.41) is 13.9. The molecule has 0 bridgehead atoms. The van der Waals surface area contributed by atoms with Gasteiger partial charge in [-0.05, 0) is 116 Å². The molecule has 0 saturated carbocycles. The first-order valence-electron chi connectivity index (χ1n) is 29.7. The average Bonchev–Trinajstić information content (AvgIpc) is 3.37. The summed E-state index contributed by atoms with van der Waals surface area (Å²) in [5.41, 5.74) is 0. The molecular weight excluding hydrogens is 948 g/mol. The lowest BCUT2D eigenvalue weighted by Crippen LogP contribution is -2.45. The van der Waals surface area contributed by atoms with Gasteiger partial charge in [-0.1, -0.05) is 237 Å². The van der Waals surface area contributed by atoms with E-state index in [1.165, 1.54) is 77.0 Å². The van der Waals surface area contributed by atoms with E-state index in [0.29, 0.717) is 17.4 Å². The maximum atomic E-state index is 13.0. The first-order chi connectivity index (χ1) is 36.5. The number of rotatable bonds is 52. The maximum Gasteiger partial charge on any atom is 0.472 e. The number of allylic oxidation sites excluding steroid dienone is 23. The lowest BCUT2D eigenvalue weighted by molar-refractivity contribution is -0.870. The summed E-state index contributed by atoms with van der Waals surface area (Å²) < 4.78 is 23.7. The number of unbranched alkanes of at least 4 members (excludes halogenated alkanes) is 17. The van der Waals surface area contributed by atoms with Crippen molar-refractivity contribution < 1.29 is 32.9 Å². The van der Waals surface area contributed by atoms with E-state index in [4.69, 9.17) is 9.05 Å². The molecule has 426 valence electrons. The van der Waals surface area contributed by atoms with Crippen LogP contribution in [0.3, 0.4) is 0 Å². The summed E-state index contributed by atoms with van der Waals surface area (Å²) in [5.74, 6) is -0.209. The van der Waals surface area contributed by atoms with Crippen LogP contribution >= 0.6 is 7.82 Å². The summed E-state index contributed by atoms with van der Waals surface area (Å²) in [6.45, 7) is 4.64. The molecule has 9 heteroatoms. The minimum atomic E-state index is -4.37. The number of carbonyl (C=O) groups is 1. The van der Waals surface area contributed by atoms with E-state index < -0.39 is 20.0 Å². The zero-order chi connectivity index (χ0) is 54.9. The van der Waals surface area contributed by atoms with Gasteiger partial charge in [-0.25, -0.2) is 4.57 Å². The highest BCUT2D eigenvalue weighted by Gasteiger charge is 2.27. The summed E-state index contributed by atoms with van der Waals surface area (Å²) in [7, 11) is 1.52. The standard InChI is InChI=1S/C66H111N2O6P/c1-6-8-10-12-14-16-18-20-22-24-26-27-28-29-30-31-32-33-34-35-36-37-38-39-40-41-42-44-46-48-50-52-54-56-58-60-66(70)67-64(63-74-75(71,72)73-62-61-68(3,4)5)65(69)59-57-55-53-51-49-47-45-43-25-23-21-19-17-15-13-11-9-7-2/h8,10,14,16,20,22,25-27,29-30,32-33,35-36,38-39,41-43,49,51,57,59,64-65,69H,6-7,9,11-13,15,17-19,21,23-24,28,31,34,37,40,44-48,50,52-56,58,60-63H2,1-5H3,(H-,67,70,71,72)/p+1/b10-8-,16-14-,22-20-,27-26-,30-29-,33-32-,36-35-,39-38-,42-41-,43-25+,51-49+,59-57+. The monoisotopic (exact) mass is 1060 g/mol. The highest BCUT2D eigenvalue weighted by molar-refractivity contribution is 7.47. The molecule has 0 aliphatic heterocycles. The topological polar surface area (TPSA) is 105 Å². The number of nitrogens with zero attached hydrogens (tertiary/aromatic N) is 1. The molecule has 0 rings (SSSR count). The van der Waals surface area contributed by atoms with Crippen molar-refractivity contribution in [3.8, 4) is 0 Å². The summed E-state index contributed by atoms with van der Waals surface area (Å²) >= 11 is 0. The van der Waals surface area contributed by atoms with E-state index >= 15 is 0 Å². The van der Waals surface area contributed by atoms with Crippen LogP contribution in [0.5, 0.6) is 0 Å². The Bertz CT molecular complexity index is 1720. The Balaban J connectivity index is 4.28. The number of phosphoric ester groups is 1. The van der Waals surface area contributed by atoms with Gasteiger partial charge in [0, 0.05) is 6.42 Å². The Morgan fingerprint density at radius 3 is 1.23 bits per heavy atom. The van der Waals surface area contributed by atoms with Crippen LogP contribution < -0.4 is 5.32 Å². The van der Waals surface area contributed by atoms with Crippen LogP contribution in [0.4, 0.5) is 0 Å². The van der Waals surface area contributed by atoms with Crippen molar-refractivity contribution >= 4 is 13.7 Å². The van der Waals surface area contributed by atoms with Crippen LogP contribution in [0, 0.1) is 0 Å². The molecule has 3 atom stereocenters. The Morgan fingerprint density at radius 2 is 0.813 bits per heavy atom. The molecule has 0 fully saturated rings. The van der Waals surface area contributed by atoms with Crippen molar-refractivity contribution in [2.24, 2.45) is 0 Å². The van der Waals surface area contributed by atoms with Crippen LogP contribution in [-0.2, 0) is 18.4 Å². The van der Waals surface area contributed by atoms with Crippen molar-refractivity contribution in [3.05, 3.63) is 146 Å². The highest BCUT2D eigenvalue weighted by Crippen LogP contribution is 2.43. The minimum Gasteiger partial charge on any atom is -0.387 e. The lowest BCUT2D eigenvalue weighted by Gasteiger charge is -2.25. The van der Waals surface area contributed by atoms with E-state index in [2.05, 4.69) is 153 Å². The molecule has 0 heterocycles. The molecule has 75 heavy (non-hydrogen) atoms. The minimum absolute atomic E-state index is 0.0432. The molecule has 0 radical (unpaired) electrons. The van der Waals surface area contributed by atoms with Crippen LogP contribution in [0.15, 0.2) is 146 Å². The van der Waals surface area contributed by atoms with Gasteiger partial charge in [-0.15, -0.1) is 0 Å². The molecule has 0 aliphatic carbocycles. The fourth-order valence-electron chi connectivity index (χ4n) is 7.65. The van der Waals surface area contributed by atoms with Gasteiger partial charge < -0.3 is 19.8 Å². The number of aliphatic hydroxyl groups is 1. The van der Waals surface area contributed by atoms with Crippen LogP contribution in [0.1, 0.15) is 213 Å². The molecule has 3 N–H and O–H groups in total. The van der Waals surface area contributed by atoms with Gasteiger partial charge in [0.1, 0.15) is 13.2 Å². The number of likely N-dealkylation sites (N-methyl/N-ethyl adjacent to an activating group) is 1. The number of phosphoric acid groups is 1. The molecule has 0 aromatic heterocycles. The maximum absolute atomic E-state index is 13.0. The van der Waals surface area contributed by atoms with Crippen molar-refractivity contribution in [1.29, 1.82) is 0 Å². The molecule has 0 aromatic rings. The summed E-state index contributed by atoms with van der Waals surface area (Å²) in [4.78, 5) is 23.3. The second-order valence-corrected chi connectivity index (χ2v) is 22.1. The third-order valence-electron chi connectivity index (χ3n) is 12.3. The van der Waals surface area contributed by atoms with E-state index in [-0.39, 0.29) is 19.1 Å². The first kappa shape index (κ1) is 71.4. The number of hydrogen-bond acceptors (Lipinski definition) is 5. The van der Waals surface area contributed by atoms with Gasteiger partial charge in [0.05, 0.1) is 39.9 Å². The SMILES string of the molecule is CC/C=C\C/C=C\C/C=C\C/C=C\C/C=C\C/C=C\C/C=C\C/C=C\C/C=C\CCCCCCCCCC(=O)NC(COP(=O)(O)OCC[N+](C)(C)C)C(O)/C=C/CC/C=C/CC/C=C/CCCCCCCCCC. The normalized spacial score (nSPS) is 14.9. The zero-order valence-corrected chi connectivity index (χ0v) is 49.4. The van der Waals surface area contributed by atoms with Gasteiger partial charge in [-0.2, -0.15) is 0 Å². The van der Waals surface area contributed by atoms with Crippen molar-refractivity contribution in [1.82, 2.24) is 5.32 Å². The number of carbonyl (C=O) groups excluding carboxylic acids is 1. The van der Waals surface area contributed by atoms with E-state index in [1.54, 1.807) is 6.08 Å². The fraction of sp³-hybridized carbons (Fsp3) is 0.621. The highest BCUT2D eigenvalue weighted by atomic mass is 31.2. The molecule has 3 unspecified atom stereocenters. The van der Waals surface area contributed by atoms with E-state index in [1.807, 2.05) is 27.2 Å². The molecule has 0 spiro atoms. The Morgan fingerprint density at radius 1 is 0.467 bits per heavy atom. The first-order valence-corrected chi connectivity index (χ1v) is 31.2. The predicted molar refractivity (Wildman–Crippen MR) is 327 cm³/mol. The van der Waals surface area contributed by atoms with Gasteiger partial charge in [0.15, 0.2) is 0 Å². The number of nitrogens with one attached hydrogen (secondary N) is 1. The molecule has 1 amide bonds. The number of aliphatic hydroxyl groups excluding tert-OH is 1. The van der Waals surface area contributed by atoms with Gasteiger partial charge >= 0.3 is 7.82 Å². The molecule has 0 aromatic carbocycles. The van der Waals surface area contributed by atoms with Crippen LogP contribution in [0.25, 0.3) is 0 Å². The van der Waals surface area contributed by atoms with Crippen LogP contribution in [-0.4, -0.2) is 73.4 Å². The van der Waals surface area contributed by atoms with E-state index in [9.17, 15) is 19.4 Å². The Kier molecular flexibility index (Phi) is 52.5. The number of amides is 1. The summed E-state index contributed by atoms with van der Waals surface area (Å²) in [6, 6.07) is -0.887. The Labute approximate surface area is 461 Å². The van der Waals surface area contributed by atoms with Gasteiger partial charge in [0.25, 0.3) is 0 Å². The third-order valence-corrected chi connectivity index (χ3v) is 13.3. The largest absolute Gasteiger partial charge is 0.472 e. The molecule has 0 saturated heterocycles. The van der Waals surface area contributed by atoms with Crippen molar-refractivity contribution in [2.75, 3.05) is 40.9 Å². The average molecular weight is 1060 g/mol. The number of hydrogen-bond donors (Lipinski definition) is 3. The van der Waals surface area contributed by atoms with Crippen molar-refractivity contribution in [3.63, 3.8) is 0 Å². The van der Waals surface area contributed by atoms with E-state index in [0.717, 1.165) is 116 Å². The molecule has 8 nitrogen and oxygen atoms in total. The second-order valence-electron chi connectivity index (χ2n) is 20.6. The van der Waals surface area contributed by atoms with Gasteiger partial charge in [-0.3, -0.25) is 13.8 Å². The Hall–Kier alpha value is -3.62. The zero-order valence-electron chi connectivity index (χ0n) is 48.5. The third kappa shape index (κ3) is 57.9. The molecular formula is C66H112N2O6P+. The summed E-state index contributed by atoms with van der Waals surface area (Å²) in [6.07, 6.45) is 85.2. The lowest BCUT2D eigenvalue weighted by atomic mass is 10.1. The second kappa shape index (κ2) is 55.1.